The molecule has 3 rings (SSSR count). The molecule has 0 amide bonds. The molecule has 1 nitrogen and oxygen atoms in total. The molecule has 1 saturated heterocycles. The summed E-state index contributed by atoms with van der Waals surface area (Å²) in [6, 6.07) is 4.41. The monoisotopic (exact) mass is 209 g/mol. The maximum absolute atomic E-state index is 13.4. The number of hydrogen-bond donors (Lipinski definition) is 0. The molecule has 1 aliphatic carbocycles. The lowest BCUT2D eigenvalue weighted by molar-refractivity contribution is 0.290. The summed E-state index contributed by atoms with van der Waals surface area (Å²) in [5, 5.41) is 0. The van der Waals surface area contributed by atoms with Crippen molar-refractivity contribution in [3.8, 4) is 0 Å². The number of piperidine rings is 1. The van der Waals surface area contributed by atoms with E-state index in [9.17, 15) is 8.78 Å². The quantitative estimate of drug-likeness (QED) is 0.723. The molecular weight excluding hydrogens is 196 g/mol. The molecule has 2 aliphatic rings. The van der Waals surface area contributed by atoms with E-state index >= 15 is 0 Å². The number of nitrogens with zero attached hydrogens (tertiary/aromatic N) is 1. The maximum atomic E-state index is 13.4. The molecule has 1 heterocycles. The summed E-state index contributed by atoms with van der Waals surface area (Å²) in [6.45, 7) is 2.66. The van der Waals surface area contributed by atoms with Crippen molar-refractivity contribution in [2.24, 2.45) is 11.8 Å². The molecule has 80 valence electrons. The SMILES string of the molecule is Fc1cccc(CN2CC3CC3C2)c1F. The smallest absolute Gasteiger partial charge is 0.163 e. The zero-order chi connectivity index (χ0) is 10.4. The standard InChI is InChI=1S/C12H13F2N/c13-11-3-1-2-8(12(11)14)5-15-6-9-4-10(9)7-15/h1-3,9-10H,4-7H2. The Balaban J connectivity index is 1.73. The van der Waals surface area contributed by atoms with Crippen LogP contribution in [0.25, 0.3) is 0 Å². The highest BCUT2D eigenvalue weighted by Gasteiger charge is 2.44. The molecule has 3 heteroatoms. The minimum atomic E-state index is -0.739. The van der Waals surface area contributed by atoms with Gasteiger partial charge >= 0.3 is 0 Å². The zero-order valence-electron chi connectivity index (χ0n) is 8.42. The molecule has 2 unspecified atom stereocenters. The fourth-order valence-electron chi connectivity index (χ4n) is 2.54. The van der Waals surface area contributed by atoms with Crippen LogP contribution in [-0.4, -0.2) is 18.0 Å². The van der Waals surface area contributed by atoms with Crippen LogP contribution in [-0.2, 0) is 6.54 Å². The summed E-state index contributed by atoms with van der Waals surface area (Å²) in [5.41, 5.74) is 0.483. The van der Waals surface area contributed by atoms with Gasteiger partial charge in [0.05, 0.1) is 0 Å². The van der Waals surface area contributed by atoms with Crippen LogP contribution in [0.2, 0.25) is 0 Å². The largest absolute Gasteiger partial charge is 0.298 e. The second-order valence-electron chi connectivity index (χ2n) is 4.66. The average Bonchev–Trinajstić information content (AvgIpc) is 2.82. The predicted octanol–water partition coefficient (Wildman–Crippen LogP) is 2.42. The Morgan fingerprint density at radius 3 is 2.67 bits per heavy atom. The van der Waals surface area contributed by atoms with Gasteiger partial charge in [-0.15, -0.1) is 0 Å². The highest BCUT2D eigenvalue weighted by molar-refractivity contribution is 5.19. The highest BCUT2D eigenvalue weighted by Crippen LogP contribution is 2.45. The van der Waals surface area contributed by atoms with Crippen LogP contribution in [0.4, 0.5) is 8.78 Å². The Kier molecular flexibility index (Phi) is 2.02. The molecular formula is C12H13F2N. The Morgan fingerprint density at radius 2 is 1.93 bits per heavy atom. The Hall–Kier alpha value is -0.960. The number of fused-ring (bicyclic) bond motifs is 1. The van der Waals surface area contributed by atoms with Crippen LogP contribution in [0.15, 0.2) is 18.2 Å². The molecule has 0 radical (unpaired) electrons. The fraction of sp³-hybridized carbons (Fsp3) is 0.500. The van der Waals surface area contributed by atoms with Crippen molar-refractivity contribution in [1.29, 1.82) is 0 Å². The van der Waals surface area contributed by atoms with Gasteiger partial charge in [0.1, 0.15) is 0 Å². The molecule has 0 aromatic heterocycles. The molecule has 1 aromatic carbocycles. The van der Waals surface area contributed by atoms with Crippen LogP contribution < -0.4 is 0 Å². The summed E-state index contributed by atoms with van der Waals surface area (Å²) in [4.78, 5) is 2.22. The summed E-state index contributed by atoms with van der Waals surface area (Å²) in [6.07, 6.45) is 1.34. The van der Waals surface area contributed by atoms with E-state index in [0.29, 0.717) is 12.1 Å². The topological polar surface area (TPSA) is 3.24 Å². The number of likely N-dealkylation sites (tertiary alicyclic amines) is 1. The minimum absolute atomic E-state index is 0.483. The summed E-state index contributed by atoms with van der Waals surface area (Å²) >= 11 is 0. The van der Waals surface area contributed by atoms with Crippen molar-refractivity contribution >= 4 is 0 Å². The highest BCUT2D eigenvalue weighted by atomic mass is 19.2. The Bertz CT molecular complexity index is 381. The number of halogens is 2. The van der Waals surface area contributed by atoms with Gasteiger partial charge in [0.15, 0.2) is 11.6 Å². The van der Waals surface area contributed by atoms with Gasteiger partial charge in [-0.2, -0.15) is 0 Å². The normalized spacial score (nSPS) is 29.2. The van der Waals surface area contributed by atoms with Gasteiger partial charge in [0.2, 0.25) is 0 Å². The van der Waals surface area contributed by atoms with Crippen molar-refractivity contribution < 1.29 is 8.78 Å². The third-order valence-electron chi connectivity index (χ3n) is 3.48. The van der Waals surface area contributed by atoms with E-state index < -0.39 is 11.6 Å². The third kappa shape index (κ3) is 1.65. The molecule has 1 saturated carbocycles. The van der Waals surface area contributed by atoms with Crippen LogP contribution in [0.5, 0.6) is 0 Å². The van der Waals surface area contributed by atoms with E-state index in [1.165, 1.54) is 12.5 Å². The van der Waals surface area contributed by atoms with Crippen molar-refractivity contribution in [1.82, 2.24) is 4.90 Å². The first-order valence-corrected chi connectivity index (χ1v) is 5.39. The van der Waals surface area contributed by atoms with Gasteiger partial charge < -0.3 is 0 Å². The molecule has 0 N–H and O–H groups in total. The lowest BCUT2D eigenvalue weighted by atomic mass is 10.2. The van der Waals surface area contributed by atoms with Crippen LogP contribution in [0.3, 0.4) is 0 Å². The van der Waals surface area contributed by atoms with Gasteiger partial charge in [-0.05, 0) is 24.3 Å². The lowest BCUT2D eigenvalue weighted by Crippen LogP contribution is -2.22. The molecule has 1 aliphatic heterocycles. The molecule has 0 spiro atoms. The van der Waals surface area contributed by atoms with E-state index in [2.05, 4.69) is 4.90 Å². The summed E-state index contributed by atoms with van der Waals surface area (Å²) in [5.74, 6) is 0.248. The molecule has 2 atom stereocenters. The number of hydrogen-bond acceptors (Lipinski definition) is 1. The second kappa shape index (κ2) is 3.27. The van der Waals surface area contributed by atoms with Crippen LogP contribution >= 0.6 is 0 Å². The van der Waals surface area contributed by atoms with Gasteiger partial charge in [-0.1, -0.05) is 12.1 Å². The Labute approximate surface area is 87.7 Å². The predicted molar refractivity (Wildman–Crippen MR) is 53.2 cm³/mol. The van der Waals surface area contributed by atoms with Crippen LogP contribution in [0.1, 0.15) is 12.0 Å². The zero-order valence-corrected chi connectivity index (χ0v) is 8.42. The van der Waals surface area contributed by atoms with E-state index in [-0.39, 0.29) is 0 Å². The van der Waals surface area contributed by atoms with Crippen molar-refractivity contribution in [3.05, 3.63) is 35.4 Å². The average molecular weight is 209 g/mol. The first-order chi connectivity index (χ1) is 7.24. The van der Waals surface area contributed by atoms with E-state index in [0.717, 1.165) is 24.9 Å². The number of rotatable bonds is 2. The maximum Gasteiger partial charge on any atom is 0.163 e. The van der Waals surface area contributed by atoms with E-state index in [1.54, 1.807) is 12.1 Å². The van der Waals surface area contributed by atoms with Crippen LogP contribution in [0, 0.1) is 23.5 Å². The molecule has 1 aromatic rings. The minimum Gasteiger partial charge on any atom is -0.298 e. The molecule has 15 heavy (non-hydrogen) atoms. The molecule has 2 fully saturated rings. The van der Waals surface area contributed by atoms with Crippen molar-refractivity contribution in [3.63, 3.8) is 0 Å². The second-order valence-corrected chi connectivity index (χ2v) is 4.66. The van der Waals surface area contributed by atoms with E-state index in [1.807, 2.05) is 0 Å². The first kappa shape index (κ1) is 9.28. The van der Waals surface area contributed by atoms with E-state index in [4.69, 9.17) is 0 Å². The summed E-state index contributed by atoms with van der Waals surface area (Å²) < 4.78 is 26.3. The third-order valence-corrected chi connectivity index (χ3v) is 3.48. The molecule has 0 bridgehead atoms. The lowest BCUT2D eigenvalue weighted by Gasteiger charge is -2.17. The van der Waals surface area contributed by atoms with Crippen molar-refractivity contribution in [2.75, 3.05) is 13.1 Å². The van der Waals surface area contributed by atoms with Crippen molar-refractivity contribution in [2.45, 2.75) is 13.0 Å². The van der Waals surface area contributed by atoms with Gasteiger partial charge in [-0.25, -0.2) is 8.78 Å². The Morgan fingerprint density at radius 1 is 1.20 bits per heavy atom. The van der Waals surface area contributed by atoms with Gasteiger partial charge in [0.25, 0.3) is 0 Å². The summed E-state index contributed by atoms with van der Waals surface area (Å²) in [7, 11) is 0. The van der Waals surface area contributed by atoms with Gasteiger partial charge in [-0.3, -0.25) is 4.90 Å². The fourth-order valence-corrected chi connectivity index (χ4v) is 2.54. The van der Waals surface area contributed by atoms with Gasteiger partial charge in [0, 0.05) is 25.2 Å². The first-order valence-electron chi connectivity index (χ1n) is 5.39. The number of benzene rings is 1.